The maximum absolute atomic E-state index is 15.4. The molecular formula is C21H16F3N8O2+. The average Bonchev–Trinajstić information content (AvgIpc) is 3.23. The molecule has 6 rings (SSSR count). The monoisotopic (exact) mass is 469 g/mol. The number of aromatic amines is 2. The van der Waals surface area contributed by atoms with Crippen LogP contribution < -0.4 is 16.0 Å². The molecular weight excluding hydrogens is 453 g/mol. The number of halogens is 3. The SMILES string of the molecule is O=c1[nH]cc(-c2cc([C@H]3C[C@@H]3c3ccc4cnn(CC(F)F)c4[n+]3F)c3nccn3n2)c(=O)[nH]1. The van der Waals surface area contributed by atoms with Crippen LogP contribution in [0.3, 0.4) is 0 Å². The van der Waals surface area contributed by atoms with Crippen molar-refractivity contribution in [2.24, 2.45) is 0 Å². The predicted molar refractivity (Wildman–Crippen MR) is 112 cm³/mol. The van der Waals surface area contributed by atoms with Crippen molar-refractivity contribution >= 4 is 16.7 Å². The van der Waals surface area contributed by atoms with Gasteiger partial charge in [0.1, 0.15) is 5.69 Å². The molecule has 0 amide bonds. The molecule has 1 saturated carbocycles. The number of hydrogen-bond acceptors (Lipinski definition) is 5. The van der Waals surface area contributed by atoms with Crippen LogP contribution in [0.15, 0.2) is 52.6 Å². The molecule has 2 N–H and O–H groups in total. The number of H-pyrrole nitrogens is 2. The second kappa shape index (κ2) is 7.37. The van der Waals surface area contributed by atoms with Crippen LogP contribution in [-0.4, -0.2) is 40.8 Å². The first-order valence-electron chi connectivity index (χ1n) is 10.4. The van der Waals surface area contributed by atoms with Gasteiger partial charge in [0.2, 0.25) is 0 Å². The number of rotatable bonds is 5. The molecule has 2 atom stereocenters. The van der Waals surface area contributed by atoms with E-state index in [0.29, 0.717) is 33.6 Å². The normalized spacial score (nSPS) is 17.8. The lowest BCUT2D eigenvalue weighted by Crippen LogP contribution is -2.32. The topological polar surface area (TPSA) is 118 Å². The van der Waals surface area contributed by atoms with Crippen LogP contribution in [-0.2, 0) is 6.54 Å². The van der Waals surface area contributed by atoms with Gasteiger partial charge in [-0.15, -0.1) is 4.68 Å². The van der Waals surface area contributed by atoms with Crippen molar-refractivity contribution in [2.45, 2.75) is 31.2 Å². The Hall–Kier alpha value is -4.29. The van der Waals surface area contributed by atoms with E-state index in [2.05, 4.69) is 25.1 Å². The highest BCUT2D eigenvalue weighted by Gasteiger charge is 2.46. The molecule has 1 aliphatic rings. The molecule has 0 spiro atoms. The third-order valence-corrected chi connectivity index (χ3v) is 6.05. The summed E-state index contributed by atoms with van der Waals surface area (Å²) in [6, 6.07) is 4.99. The Morgan fingerprint density at radius 3 is 2.88 bits per heavy atom. The first kappa shape index (κ1) is 20.3. The van der Waals surface area contributed by atoms with Crippen LogP contribution in [0, 0.1) is 0 Å². The second-order valence-electron chi connectivity index (χ2n) is 8.15. The van der Waals surface area contributed by atoms with Crippen LogP contribution in [0.2, 0.25) is 0 Å². The van der Waals surface area contributed by atoms with E-state index in [1.165, 1.54) is 16.9 Å². The Bertz CT molecular complexity index is 1690. The fourth-order valence-corrected chi connectivity index (χ4v) is 4.43. The summed E-state index contributed by atoms with van der Waals surface area (Å²) >= 11 is 0. The maximum atomic E-state index is 15.4. The largest absolute Gasteiger partial charge is 0.347 e. The number of hydrogen-bond donors (Lipinski definition) is 2. The van der Waals surface area contributed by atoms with Gasteiger partial charge in [-0.05, 0) is 35.3 Å². The fraction of sp³-hybridized carbons (Fsp3) is 0.238. The summed E-state index contributed by atoms with van der Waals surface area (Å²) in [4.78, 5) is 33.1. The molecule has 0 bridgehead atoms. The Kier molecular flexibility index (Phi) is 4.40. The van der Waals surface area contributed by atoms with Gasteiger partial charge in [0.15, 0.2) is 12.2 Å². The van der Waals surface area contributed by atoms with Crippen molar-refractivity contribution in [3.8, 4) is 11.3 Å². The van der Waals surface area contributed by atoms with Gasteiger partial charge in [0.25, 0.3) is 12.0 Å². The van der Waals surface area contributed by atoms with E-state index in [4.69, 9.17) is 0 Å². The van der Waals surface area contributed by atoms with E-state index >= 15 is 4.48 Å². The molecule has 1 fully saturated rings. The second-order valence-corrected chi connectivity index (χ2v) is 8.15. The van der Waals surface area contributed by atoms with Gasteiger partial charge >= 0.3 is 11.3 Å². The molecule has 0 aromatic carbocycles. The van der Waals surface area contributed by atoms with Crippen LogP contribution in [0.25, 0.3) is 27.9 Å². The highest BCUT2D eigenvalue weighted by Crippen LogP contribution is 2.55. The standard InChI is InChI=1S/C21H15F3N8O2/c22-17(23)9-31-20-10(7-27-31)1-2-16(32(20)24)12-5-11(12)13-6-15(29-30-4-3-25-18(13)30)14-8-26-21(34)28-19(14)33/h1-4,6-8,11-12,17H,5,9H2,(H-,26,28,29,33,34)/p+1/t11-,12-/m0/s1. The minimum absolute atomic E-state index is 0.0235. The van der Waals surface area contributed by atoms with E-state index < -0.39 is 24.2 Å². The zero-order valence-corrected chi connectivity index (χ0v) is 17.3. The number of nitrogens with zero attached hydrogens (tertiary/aromatic N) is 6. The van der Waals surface area contributed by atoms with Crippen LogP contribution in [0.1, 0.15) is 29.5 Å². The quantitative estimate of drug-likeness (QED) is 0.406. The minimum atomic E-state index is -2.67. The smallest absolute Gasteiger partial charge is 0.313 e. The number of pyridine rings is 1. The third-order valence-electron chi connectivity index (χ3n) is 6.05. The number of alkyl halides is 2. The summed E-state index contributed by atoms with van der Waals surface area (Å²) in [5.74, 6) is -0.381. The molecule has 0 unspecified atom stereocenters. The Balaban J connectivity index is 1.43. The molecule has 0 aliphatic heterocycles. The van der Waals surface area contributed by atoms with Crippen molar-refractivity contribution in [2.75, 3.05) is 0 Å². The van der Waals surface area contributed by atoms with Crippen molar-refractivity contribution in [3.05, 3.63) is 75.1 Å². The van der Waals surface area contributed by atoms with Crippen LogP contribution in [0.5, 0.6) is 0 Å². The van der Waals surface area contributed by atoms with Gasteiger partial charge in [0, 0.05) is 34.6 Å². The van der Waals surface area contributed by atoms with E-state index in [-0.39, 0.29) is 23.0 Å². The first-order chi connectivity index (χ1) is 16.4. The minimum Gasteiger partial charge on any atom is -0.313 e. The lowest BCUT2D eigenvalue weighted by atomic mass is 10.1. The van der Waals surface area contributed by atoms with Crippen molar-refractivity contribution in [1.82, 2.24) is 34.3 Å². The van der Waals surface area contributed by atoms with Gasteiger partial charge in [0.05, 0.1) is 22.8 Å². The molecule has 5 aromatic rings. The van der Waals surface area contributed by atoms with Crippen LogP contribution >= 0.6 is 0 Å². The predicted octanol–water partition coefficient (Wildman–Crippen LogP) is 1.68. The molecule has 1 aliphatic carbocycles. The zero-order chi connectivity index (χ0) is 23.6. The van der Waals surface area contributed by atoms with Crippen LogP contribution in [0.4, 0.5) is 13.3 Å². The summed E-state index contributed by atoms with van der Waals surface area (Å²) in [6.45, 7) is -0.707. The molecule has 172 valence electrons. The summed E-state index contributed by atoms with van der Waals surface area (Å²) in [6.07, 6.45) is 3.76. The van der Waals surface area contributed by atoms with E-state index in [0.717, 1.165) is 10.2 Å². The molecule has 0 radical (unpaired) electrons. The number of nitrogens with one attached hydrogen (secondary N) is 2. The number of aromatic nitrogens is 8. The Morgan fingerprint density at radius 2 is 2.09 bits per heavy atom. The summed E-state index contributed by atoms with van der Waals surface area (Å²) < 4.78 is 43.7. The van der Waals surface area contributed by atoms with E-state index in [1.54, 1.807) is 30.6 Å². The molecule has 5 aromatic heterocycles. The maximum Gasteiger partial charge on any atom is 0.347 e. The van der Waals surface area contributed by atoms with Gasteiger partial charge in [-0.2, -0.15) is 5.10 Å². The summed E-state index contributed by atoms with van der Waals surface area (Å²) in [7, 11) is 0. The zero-order valence-electron chi connectivity index (χ0n) is 17.3. The van der Waals surface area contributed by atoms with Gasteiger partial charge in [-0.1, -0.05) is 5.10 Å². The average molecular weight is 469 g/mol. The molecule has 0 saturated heterocycles. The highest BCUT2D eigenvalue weighted by atomic mass is 19.3. The van der Waals surface area contributed by atoms with E-state index in [1.807, 2.05) is 0 Å². The van der Waals surface area contributed by atoms with Crippen molar-refractivity contribution < 1.29 is 18.1 Å². The van der Waals surface area contributed by atoms with Crippen molar-refractivity contribution in [3.63, 3.8) is 0 Å². The number of imidazole rings is 1. The molecule has 5 heterocycles. The molecule has 34 heavy (non-hydrogen) atoms. The lowest BCUT2D eigenvalue weighted by Gasteiger charge is -2.07. The van der Waals surface area contributed by atoms with Crippen molar-refractivity contribution in [1.29, 1.82) is 0 Å². The van der Waals surface area contributed by atoms with Gasteiger partial charge < -0.3 is 4.98 Å². The summed E-state index contributed by atoms with van der Waals surface area (Å²) in [5, 5.41) is 8.71. The molecule has 10 nitrogen and oxygen atoms in total. The van der Waals surface area contributed by atoms with E-state index in [9.17, 15) is 18.4 Å². The Morgan fingerprint density at radius 1 is 1.24 bits per heavy atom. The lowest BCUT2D eigenvalue weighted by molar-refractivity contribution is -0.830. The fourth-order valence-electron chi connectivity index (χ4n) is 4.43. The highest BCUT2D eigenvalue weighted by molar-refractivity contribution is 5.71. The third kappa shape index (κ3) is 3.19. The Labute approximate surface area is 187 Å². The summed E-state index contributed by atoms with van der Waals surface area (Å²) in [5.41, 5.74) is 0.900. The molecule has 13 heteroatoms. The van der Waals surface area contributed by atoms with Gasteiger partial charge in [-0.3, -0.25) is 9.78 Å². The first-order valence-corrected chi connectivity index (χ1v) is 10.4. The van der Waals surface area contributed by atoms with Gasteiger partial charge in [-0.25, -0.2) is 23.1 Å². The number of fused-ring (bicyclic) bond motifs is 2.